The van der Waals surface area contributed by atoms with Crippen LogP contribution in [0.4, 0.5) is 4.39 Å². The third kappa shape index (κ3) is 4.47. The van der Waals surface area contributed by atoms with Gasteiger partial charge in [0.05, 0.1) is 0 Å². The normalized spacial score (nSPS) is 13.6. The molecule has 1 unspecified atom stereocenters. The number of rotatable bonds is 5. The van der Waals surface area contributed by atoms with Crippen molar-refractivity contribution >= 4 is 0 Å². The standard InChI is InChI=1S/C14H20FN/c1-11(10-12(2)16-3)4-5-13-6-8-14(15)9-7-13/h6-11,16H,4-5H2,1-3H3/b12-10-. The van der Waals surface area contributed by atoms with Gasteiger partial charge in [0.1, 0.15) is 5.82 Å². The van der Waals surface area contributed by atoms with E-state index in [0.717, 1.165) is 12.8 Å². The molecule has 0 aliphatic carbocycles. The molecule has 0 bridgehead atoms. The summed E-state index contributed by atoms with van der Waals surface area (Å²) in [5.74, 6) is 0.375. The second-order valence-corrected chi connectivity index (χ2v) is 4.24. The lowest BCUT2D eigenvalue weighted by Gasteiger charge is -2.08. The van der Waals surface area contributed by atoms with E-state index in [4.69, 9.17) is 0 Å². The second-order valence-electron chi connectivity index (χ2n) is 4.24. The van der Waals surface area contributed by atoms with Gasteiger partial charge in [-0.3, -0.25) is 0 Å². The van der Waals surface area contributed by atoms with Crippen LogP contribution >= 0.6 is 0 Å². The number of nitrogens with one attached hydrogen (secondary N) is 1. The molecular weight excluding hydrogens is 201 g/mol. The van der Waals surface area contributed by atoms with Crippen molar-refractivity contribution in [2.24, 2.45) is 5.92 Å². The lowest BCUT2D eigenvalue weighted by molar-refractivity contribution is 0.621. The summed E-state index contributed by atoms with van der Waals surface area (Å²) in [4.78, 5) is 0. The number of hydrogen-bond acceptors (Lipinski definition) is 1. The second kappa shape index (κ2) is 6.31. The van der Waals surface area contributed by atoms with E-state index in [1.807, 2.05) is 19.2 Å². The van der Waals surface area contributed by atoms with Crippen LogP contribution in [-0.4, -0.2) is 7.05 Å². The summed E-state index contributed by atoms with van der Waals surface area (Å²) in [6.07, 6.45) is 4.31. The van der Waals surface area contributed by atoms with Crippen molar-refractivity contribution in [1.82, 2.24) is 5.32 Å². The minimum absolute atomic E-state index is 0.164. The SMILES string of the molecule is CN/C(C)=C\C(C)CCc1ccc(F)cc1. The molecule has 1 atom stereocenters. The molecule has 0 aliphatic heterocycles. The predicted molar refractivity (Wildman–Crippen MR) is 66.7 cm³/mol. The lowest BCUT2D eigenvalue weighted by Crippen LogP contribution is -2.04. The number of hydrogen-bond donors (Lipinski definition) is 1. The van der Waals surface area contributed by atoms with Crippen molar-refractivity contribution in [3.63, 3.8) is 0 Å². The Labute approximate surface area is 97.4 Å². The molecule has 1 rings (SSSR count). The lowest BCUT2D eigenvalue weighted by atomic mass is 10.0. The van der Waals surface area contributed by atoms with Crippen LogP contribution in [0.15, 0.2) is 36.0 Å². The van der Waals surface area contributed by atoms with Crippen molar-refractivity contribution in [2.75, 3.05) is 7.05 Å². The molecule has 1 N–H and O–H groups in total. The van der Waals surface area contributed by atoms with Gasteiger partial charge in [-0.05, 0) is 43.4 Å². The molecular formula is C14H20FN. The molecule has 88 valence electrons. The molecule has 16 heavy (non-hydrogen) atoms. The average molecular weight is 221 g/mol. The van der Waals surface area contributed by atoms with Crippen molar-refractivity contribution in [2.45, 2.75) is 26.7 Å². The Morgan fingerprint density at radius 2 is 2.00 bits per heavy atom. The van der Waals surface area contributed by atoms with Crippen LogP contribution < -0.4 is 5.32 Å². The molecule has 1 aromatic rings. The fourth-order valence-corrected chi connectivity index (χ4v) is 1.64. The topological polar surface area (TPSA) is 12.0 Å². The summed E-state index contributed by atoms with van der Waals surface area (Å²) < 4.78 is 12.7. The van der Waals surface area contributed by atoms with Crippen LogP contribution in [0.25, 0.3) is 0 Å². The van der Waals surface area contributed by atoms with Gasteiger partial charge in [-0.2, -0.15) is 0 Å². The quantitative estimate of drug-likeness (QED) is 0.802. The smallest absolute Gasteiger partial charge is 0.123 e. The minimum atomic E-state index is -0.164. The van der Waals surface area contributed by atoms with E-state index < -0.39 is 0 Å². The summed E-state index contributed by atoms with van der Waals surface area (Å²) in [6.45, 7) is 4.26. The van der Waals surface area contributed by atoms with Gasteiger partial charge in [-0.15, -0.1) is 0 Å². The summed E-state index contributed by atoms with van der Waals surface area (Å²) >= 11 is 0. The first-order chi connectivity index (χ1) is 7.61. The highest BCUT2D eigenvalue weighted by Gasteiger charge is 2.00. The van der Waals surface area contributed by atoms with E-state index >= 15 is 0 Å². The van der Waals surface area contributed by atoms with Gasteiger partial charge >= 0.3 is 0 Å². The highest BCUT2D eigenvalue weighted by molar-refractivity contribution is 5.16. The molecule has 0 saturated heterocycles. The molecule has 2 heteroatoms. The molecule has 0 amide bonds. The Balaban J connectivity index is 2.42. The van der Waals surface area contributed by atoms with Crippen molar-refractivity contribution in [1.29, 1.82) is 0 Å². The summed E-state index contributed by atoms with van der Waals surface area (Å²) in [5.41, 5.74) is 2.40. The van der Waals surface area contributed by atoms with Crippen LogP contribution in [0, 0.1) is 11.7 Å². The number of benzene rings is 1. The fourth-order valence-electron chi connectivity index (χ4n) is 1.64. The van der Waals surface area contributed by atoms with Gasteiger partial charge < -0.3 is 5.32 Å². The number of allylic oxidation sites excluding steroid dienone is 2. The van der Waals surface area contributed by atoms with E-state index in [2.05, 4.69) is 25.2 Å². The Hall–Kier alpha value is -1.31. The maximum Gasteiger partial charge on any atom is 0.123 e. The first-order valence-electron chi connectivity index (χ1n) is 5.72. The van der Waals surface area contributed by atoms with Gasteiger partial charge in [0.25, 0.3) is 0 Å². The molecule has 0 radical (unpaired) electrons. The molecule has 1 nitrogen and oxygen atoms in total. The van der Waals surface area contributed by atoms with E-state index in [1.54, 1.807) is 0 Å². The number of halogens is 1. The van der Waals surface area contributed by atoms with Crippen LogP contribution in [0.5, 0.6) is 0 Å². The molecule has 0 fully saturated rings. The van der Waals surface area contributed by atoms with Gasteiger partial charge in [-0.25, -0.2) is 4.39 Å². The maximum atomic E-state index is 12.7. The van der Waals surface area contributed by atoms with Crippen molar-refractivity contribution in [3.05, 3.63) is 47.4 Å². The molecule has 0 heterocycles. The van der Waals surface area contributed by atoms with E-state index in [-0.39, 0.29) is 5.82 Å². The highest BCUT2D eigenvalue weighted by atomic mass is 19.1. The Morgan fingerprint density at radius 1 is 1.38 bits per heavy atom. The third-order valence-electron chi connectivity index (χ3n) is 2.73. The van der Waals surface area contributed by atoms with E-state index in [1.165, 1.54) is 23.4 Å². The van der Waals surface area contributed by atoms with E-state index in [0.29, 0.717) is 5.92 Å². The monoisotopic (exact) mass is 221 g/mol. The molecule has 0 saturated carbocycles. The van der Waals surface area contributed by atoms with Crippen molar-refractivity contribution in [3.8, 4) is 0 Å². The van der Waals surface area contributed by atoms with Gasteiger partial charge in [0.2, 0.25) is 0 Å². The predicted octanol–water partition coefficient (Wildman–Crippen LogP) is 3.52. The average Bonchev–Trinajstić information content (AvgIpc) is 2.28. The molecule has 1 aromatic carbocycles. The summed E-state index contributed by atoms with van der Waals surface area (Å²) in [5, 5.41) is 3.11. The van der Waals surface area contributed by atoms with Crippen LogP contribution in [0.3, 0.4) is 0 Å². The minimum Gasteiger partial charge on any atom is -0.392 e. The van der Waals surface area contributed by atoms with Crippen molar-refractivity contribution < 1.29 is 4.39 Å². The molecule has 0 aliphatic rings. The van der Waals surface area contributed by atoms with Crippen LogP contribution in [0.2, 0.25) is 0 Å². The van der Waals surface area contributed by atoms with Gasteiger partial charge in [0.15, 0.2) is 0 Å². The first kappa shape index (κ1) is 12.8. The van der Waals surface area contributed by atoms with Gasteiger partial charge in [0, 0.05) is 12.7 Å². The Morgan fingerprint density at radius 3 is 2.56 bits per heavy atom. The summed E-state index contributed by atoms with van der Waals surface area (Å²) in [6, 6.07) is 6.76. The van der Waals surface area contributed by atoms with Crippen LogP contribution in [0.1, 0.15) is 25.8 Å². The Kier molecular flexibility index (Phi) is 5.03. The fraction of sp³-hybridized carbons (Fsp3) is 0.429. The maximum absolute atomic E-state index is 12.7. The first-order valence-corrected chi connectivity index (χ1v) is 5.72. The highest BCUT2D eigenvalue weighted by Crippen LogP contribution is 2.12. The zero-order valence-corrected chi connectivity index (χ0v) is 10.3. The molecule has 0 aromatic heterocycles. The molecule has 0 spiro atoms. The van der Waals surface area contributed by atoms with E-state index in [9.17, 15) is 4.39 Å². The van der Waals surface area contributed by atoms with Gasteiger partial charge in [-0.1, -0.05) is 25.1 Å². The largest absolute Gasteiger partial charge is 0.392 e. The Bertz CT molecular complexity index is 340. The zero-order chi connectivity index (χ0) is 12.0. The van der Waals surface area contributed by atoms with Crippen LogP contribution in [-0.2, 0) is 6.42 Å². The zero-order valence-electron chi connectivity index (χ0n) is 10.3. The third-order valence-corrected chi connectivity index (χ3v) is 2.73. The number of aryl methyl sites for hydroxylation is 1. The summed E-state index contributed by atoms with van der Waals surface area (Å²) in [7, 11) is 1.93.